The number of hydrogen-bond acceptors (Lipinski definition) is 6. The lowest BCUT2D eigenvalue weighted by molar-refractivity contribution is 0.102. The third kappa shape index (κ3) is 3.78. The number of hydrogen-bond donors (Lipinski definition) is 3. The Kier molecular flexibility index (Phi) is 4.82. The summed E-state index contributed by atoms with van der Waals surface area (Å²) < 4.78 is 17.8. The number of aromatic nitrogens is 4. The zero-order valence-corrected chi connectivity index (χ0v) is 18.9. The van der Waals surface area contributed by atoms with E-state index in [1.807, 2.05) is 12.3 Å². The van der Waals surface area contributed by atoms with Crippen LogP contribution in [0.25, 0.3) is 16.6 Å². The largest absolute Gasteiger partial charge is 0.388 e. The molecule has 0 radical (unpaired) electrons. The first-order valence-electron chi connectivity index (χ1n) is 11.5. The first-order chi connectivity index (χ1) is 16.4. The molecule has 0 bridgehead atoms. The fourth-order valence-electron chi connectivity index (χ4n) is 4.63. The number of amides is 1. The number of nitrogens with zero attached hydrogens (tertiary/aromatic N) is 5. The first-order valence-corrected chi connectivity index (χ1v) is 11.5. The molecule has 34 heavy (non-hydrogen) atoms. The topological polar surface area (TPSA) is 99.7 Å². The van der Waals surface area contributed by atoms with Crippen molar-refractivity contribution in [2.45, 2.75) is 31.9 Å². The van der Waals surface area contributed by atoms with E-state index in [1.54, 1.807) is 34.5 Å². The molecule has 1 amide bonds. The zero-order valence-electron chi connectivity index (χ0n) is 18.9. The number of carbonyl (C=O) groups is 1. The Morgan fingerprint density at radius 1 is 1.24 bits per heavy atom. The van der Waals surface area contributed by atoms with E-state index in [-0.39, 0.29) is 11.6 Å². The number of carbonyl (C=O) groups excluding carboxylic acids is 1. The van der Waals surface area contributed by atoms with Gasteiger partial charge in [-0.2, -0.15) is 5.10 Å². The predicted octanol–water partition coefficient (Wildman–Crippen LogP) is 2.32. The fourth-order valence-corrected chi connectivity index (χ4v) is 4.63. The third-order valence-electron chi connectivity index (χ3n) is 6.57. The van der Waals surface area contributed by atoms with Crippen molar-refractivity contribution in [3.8, 4) is 0 Å². The van der Waals surface area contributed by atoms with Crippen LogP contribution in [0, 0.1) is 12.7 Å². The number of benzene rings is 1. The number of aryl methyl sites for hydroxylation is 1. The number of anilines is 2. The highest BCUT2D eigenvalue weighted by atomic mass is 19.1. The van der Waals surface area contributed by atoms with Gasteiger partial charge in [-0.1, -0.05) is 0 Å². The van der Waals surface area contributed by atoms with Gasteiger partial charge in [-0.05, 0) is 31.9 Å². The van der Waals surface area contributed by atoms with Gasteiger partial charge < -0.3 is 25.0 Å². The lowest BCUT2D eigenvalue weighted by Gasteiger charge is -2.30. The summed E-state index contributed by atoms with van der Waals surface area (Å²) in [6.07, 6.45) is 6.77. The fraction of sp³-hybridized carbons (Fsp3) is 0.375. The minimum Gasteiger partial charge on any atom is -0.388 e. The minimum absolute atomic E-state index is 0.218. The second-order valence-electron chi connectivity index (χ2n) is 9.33. The van der Waals surface area contributed by atoms with Gasteiger partial charge in [0.1, 0.15) is 5.52 Å². The van der Waals surface area contributed by atoms with Crippen LogP contribution in [0.1, 0.15) is 28.9 Å². The lowest BCUT2D eigenvalue weighted by Crippen LogP contribution is -2.43. The maximum atomic E-state index is 14.5. The van der Waals surface area contributed by atoms with E-state index in [2.05, 4.69) is 20.5 Å². The first kappa shape index (κ1) is 21.1. The number of piperazine rings is 1. The Balaban J connectivity index is 1.37. The number of rotatable bonds is 5. The monoisotopic (exact) mass is 463 g/mol. The number of pyridine rings is 1. The van der Waals surface area contributed by atoms with Crippen LogP contribution < -0.4 is 15.5 Å². The van der Waals surface area contributed by atoms with Crippen LogP contribution in [0.2, 0.25) is 0 Å². The summed E-state index contributed by atoms with van der Waals surface area (Å²) in [6, 6.07) is 4.99. The molecule has 10 heteroatoms. The normalized spacial score (nSPS) is 17.4. The molecule has 1 aromatic carbocycles. The average molecular weight is 464 g/mol. The predicted molar refractivity (Wildman–Crippen MR) is 127 cm³/mol. The molecule has 4 aromatic rings. The summed E-state index contributed by atoms with van der Waals surface area (Å²) in [5.41, 5.74) is 2.51. The molecule has 3 aromatic heterocycles. The van der Waals surface area contributed by atoms with Crippen LogP contribution in [-0.4, -0.2) is 62.0 Å². The van der Waals surface area contributed by atoms with Gasteiger partial charge in [0.2, 0.25) is 0 Å². The Hall–Kier alpha value is -3.50. The maximum Gasteiger partial charge on any atom is 0.257 e. The molecule has 1 aliphatic carbocycles. The molecule has 1 saturated carbocycles. The van der Waals surface area contributed by atoms with E-state index < -0.39 is 11.4 Å². The molecule has 2 aliphatic rings. The van der Waals surface area contributed by atoms with E-state index in [1.165, 1.54) is 6.07 Å². The van der Waals surface area contributed by atoms with Crippen LogP contribution in [0.4, 0.5) is 15.8 Å². The Labute approximate surface area is 195 Å². The van der Waals surface area contributed by atoms with Crippen molar-refractivity contribution < 1.29 is 14.3 Å². The molecule has 0 atom stereocenters. The number of halogens is 1. The van der Waals surface area contributed by atoms with Crippen molar-refractivity contribution in [2.75, 3.05) is 36.4 Å². The highest BCUT2D eigenvalue weighted by Crippen LogP contribution is 2.37. The van der Waals surface area contributed by atoms with Crippen molar-refractivity contribution in [3.63, 3.8) is 0 Å². The van der Waals surface area contributed by atoms with E-state index in [0.717, 1.165) is 50.1 Å². The molecular formula is C24H26FN7O2. The van der Waals surface area contributed by atoms with Gasteiger partial charge in [0.05, 0.1) is 29.1 Å². The minimum atomic E-state index is -0.713. The highest BCUT2D eigenvalue weighted by Gasteiger charge is 2.41. The lowest BCUT2D eigenvalue weighted by atomic mass is 10.1. The smallest absolute Gasteiger partial charge is 0.257 e. The van der Waals surface area contributed by atoms with Crippen LogP contribution in [0.5, 0.6) is 0 Å². The van der Waals surface area contributed by atoms with Crippen LogP contribution in [0.3, 0.4) is 0 Å². The maximum absolute atomic E-state index is 14.5. The van der Waals surface area contributed by atoms with Gasteiger partial charge in [0, 0.05) is 61.9 Å². The second-order valence-corrected chi connectivity index (χ2v) is 9.33. The average Bonchev–Trinajstić information content (AvgIpc) is 3.20. The summed E-state index contributed by atoms with van der Waals surface area (Å²) in [6.45, 7) is 5.68. The van der Waals surface area contributed by atoms with E-state index >= 15 is 0 Å². The van der Waals surface area contributed by atoms with Crippen LogP contribution in [-0.2, 0) is 6.54 Å². The molecule has 9 nitrogen and oxygen atoms in total. The quantitative estimate of drug-likeness (QED) is 0.420. The molecule has 6 rings (SSSR count). The third-order valence-corrected chi connectivity index (χ3v) is 6.57. The van der Waals surface area contributed by atoms with E-state index in [0.29, 0.717) is 29.0 Å². The molecule has 0 spiro atoms. The summed E-state index contributed by atoms with van der Waals surface area (Å²) >= 11 is 0. The van der Waals surface area contributed by atoms with Gasteiger partial charge in [-0.3, -0.25) is 9.48 Å². The van der Waals surface area contributed by atoms with Gasteiger partial charge in [0.15, 0.2) is 11.5 Å². The Morgan fingerprint density at radius 2 is 2.03 bits per heavy atom. The van der Waals surface area contributed by atoms with Crippen molar-refractivity contribution in [3.05, 3.63) is 53.9 Å². The molecule has 3 N–H and O–H groups in total. The molecule has 176 valence electrons. The van der Waals surface area contributed by atoms with Crippen molar-refractivity contribution in [1.82, 2.24) is 24.5 Å². The van der Waals surface area contributed by atoms with Crippen LogP contribution >= 0.6 is 0 Å². The molecule has 1 aliphatic heterocycles. The number of aliphatic hydroxyl groups is 1. The number of fused-ring (bicyclic) bond motifs is 2. The second kappa shape index (κ2) is 7.78. The highest BCUT2D eigenvalue weighted by molar-refractivity contribution is 6.13. The van der Waals surface area contributed by atoms with Crippen molar-refractivity contribution in [1.29, 1.82) is 0 Å². The molecule has 0 unspecified atom stereocenters. The summed E-state index contributed by atoms with van der Waals surface area (Å²) in [5, 5.41) is 22.1. The zero-order chi connectivity index (χ0) is 23.4. The van der Waals surface area contributed by atoms with Gasteiger partial charge in [0.25, 0.3) is 5.91 Å². The number of nitrogens with one attached hydrogen (secondary N) is 2. The van der Waals surface area contributed by atoms with Gasteiger partial charge >= 0.3 is 0 Å². The van der Waals surface area contributed by atoms with E-state index in [4.69, 9.17) is 5.10 Å². The molecule has 4 heterocycles. The molecule has 1 saturated heterocycles. The molecule has 2 fully saturated rings. The SMILES string of the molecule is Cc1cn2cc(NC(=O)c3ccc(N4CCNCC4)c4cn(CC5(O)CC5)nc34)cc(F)c2n1. The summed E-state index contributed by atoms with van der Waals surface area (Å²) in [7, 11) is 0. The molecular weight excluding hydrogens is 437 g/mol. The van der Waals surface area contributed by atoms with Gasteiger partial charge in [-0.25, -0.2) is 9.37 Å². The van der Waals surface area contributed by atoms with E-state index in [9.17, 15) is 14.3 Å². The standard InChI is InChI=1S/C24H26FN7O2/c1-15-11-31-12-16(10-19(25)22(31)27-15)28-23(33)17-2-3-20(30-8-6-26-7-9-30)18-13-32(29-21(17)18)14-24(34)4-5-24/h2-3,10-13,26,34H,4-9,14H2,1H3,(H,28,33). The van der Waals surface area contributed by atoms with Crippen LogP contribution in [0.15, 0.2) is 36.8 Å². The van der Waals surface area contributed by atoms with Gasteiger partial charge in [-0.15, -0.1) is 0 Å². The van der Waals surface area contributed by atoms with Crippen molar-refractivity contribution in [2.24, 2.45) is 0 Å². The Morgan fingerprint density at radius 3 is 2.79 bits per heavy atom. The number of imidazole rings is 1. The Bertz CT molecular complexity index is 1420. The summed E-state index contributed by atoms with van der Waals surface area (Å²) in [5.74, 6) is -0.880. The summed E-state index contributed by atoms with van der Waals surface area (Å²) in [4.78, 5) is 19.7. The van der Waals surface area contributed by atoms with Crippen molar-refractivity contribution >= 4 is 33.8 Å².